The van der Waals surface area contributed by atoms with Crippen molar-refractivity contribution in [2.75, 3.05) is 26.3 Å². The van der Waals surface area contributed by atoms with Crippen molar-refractivity contribution in [3.05, 3.63) is 35.4 Å². The third-order valence-electron chi connectivity index (χ3n) is 3.04. The van der Waals surface area contributed by atoms with Crippen molar-refractivity contribution in [2.24, 2.45) is 5.73 Å². The fourth-order valence-corrected chi connectivity index (χ4v) is 2.03. The molecule has 1 aliphatic rings. The van der Waals surface area contributed by atoms with Crippen LogP contribution in [0.5, 0.6) is 0 Å². The molecule has 0 saturated carbocycles. The molecule has 1 aromatic carbocycles. The van der Waals surface area contributed by atoms with Crippen LogP contribution in [0.15, 0.2) is 24.3 Å². The van der Waals surface area contributed by atoms with E-state index < -0.39 is 0 Å². The number of aliphatic hydroxyl groups excluding tert-OH is 1. The maximum atomic E-state index is 12.3. The summed E-state index contributed by atoms with van der Waals surface area (Å²) in [6.45, 7) is 1.81. The first-order chi connectivity index (χ1) is 8.74. The molecule has 1 heterocycles. The van der Waals surface area contributed by atoms with Crippen molar-refractivity contribution in [1.82, 2.24) is 4.90 Å². The molecule has 1 saturated heterocycles. The Kier molecular flexibility index (Phi) is 4.30. The van der Waals surface area contributed by atoms with Gasteiger partial charge in [0, 0.05) is 25.2 Å². The highest BCUT2D eigenvalue weighted by Crippen LogP contribution is 2.12. The third kappa shape index (κ3) is 2.87. The largest absolute Gasteiger partial charge is 0.394 e. The lowest BCUT2D eigenvalue weighted by Crippen LogP contribution is -2.46. The average molecular weight is 250 g/mol. The Hall–Kier alpha value is -1.43. The summed E-state index contributed by atoms with van der Waals surface area (Å²) < 4.78 is 5.32. The number of amides is 1. The zero-order valence-electron chi connectivity index (χ0n) is 10.2. The second-order valence-corrected chi connectivity index (χ2v) is 4.33. The van der Waals surface area contributed by atoms with E-state index in [0.29, 0.717) is 31.8 Å². The number of hydrogen-bond acceptors (Lipinski definition) is 4. The normalized spacial score (nSPS) is 19.9. The first kappa shape index (κ1) is 13.0. The molecule has 1 aliphatic heterocycles. The van der Waals surface area contributed by atoms with Gasteiger partial charge in [-0.05, 0) is 17.7 Å². The quantitative estimate of drug-likeness (QED) is 0.790. The Balaban J connectivity index is 2.10. The van der Waals surface area contributed by atoms with Crippen LogP contribution in [-0.2, 0) is 11.3 Å². The molecule has 3 N–H and O–H groups in total. The maximum absolute atomic E-state index is 12.3. The highest BCUT2D eigenvalue weighted by molar-refractivity contribution is 5.94. The summed E-state index contributed by atoms with van der Waals surface area (Å²) in [5.74, 6) is -0.0351. The summed E-state index contributed by atoms with van der Waals surface area (Å²) in [5, 5.41) is 9.06. The maximum Gasteiger partial charge on any atom is 0.254 e. The van der Waals surface area contributed by atoms with E-state index in [1.807, 2.05) is 18.2 Å². The van der Waals surface area contributed by atoms with Gasteiger partial charge < -0.3 is 20.5 Å². The number of morpholine rings is 1. The van der Waals surface area contributed by atoms with Crippen LogP contribution in [0, 0.1) is 0 Å². The molecule has 98 valence electrons. The zero-order valence-corrected chi connectivity index (χ0v) is 10.2. The first-order valence-corrected chi connectivity index (χ1v) is 6.05. The van der Waals surface area contributed by atoms with Gasteiger partial charge in [-0.25, -0.2) is 0 Å². The minimum Gasteiger partial charge on any atom is -0.394 e. The van der Waals surface area contributed by atoms with E-state index in [1.165, 1.54) is 0 Å². The van der Waals surface area contributed by atoms with Crippen LogP contribution in [0.1, 0.15) is 15.9 Å². The van der Waals surface area contributed by atoms with Crippen molar-refractivity contribution in [1.29, 1.82) is 0 Å². The highest BCUT2D eigenvalue weighted by Gasteiger charge is 2.24. The molecule has 5 nitrogen and oxygen atoms in total. The van der Waals surface area contributed by atoms with E-state index in [9.17, 15) is 4.79 Å². The molecule has 2 rings (SSSR count). The van der Waals surface area contributed by atoms with E-state index in [4.69, 9.17) is 15.6 Å². The molecule has 5 heteroatoms. The van der Waals surface area contributed by atoms with Crippen molar-refractivity contribution in [3.63, 3.8) is 0 Å². The summed E-state index contributed by atoms with van der Waals surface area (Å²) in [5.41, 5.74) is 7.14. The molecule has 0 bridgehead atoms. The number of nitrogens with two attached hydrogens (primary N) is 1. The minimum atomic E-state index is -0.277. The second kappa shape index (κ2) is 5.95. The van der Waals surface area contributed by atoms with Crippen LogP contribution in [-0.4, -0.2) is 48.3 Å². The number of nitrogens with zero attached hydrogens (tertiary/aromatic N) is 1. The van der Waals surface area contributed by atoms with Gasteiger partial charge in [-0.2, -0.15) is 0 Å². The number of rotatable bonds is 3. The fourth-order valence-electron chi connectivity index (χ4n) is 2.03. The van der Waals surface area contributed by atoms with Crippen molar-refractivity contribution in [3.8, 4) is 0 Å². The van der Waals surface area contributed by atoms with Crippen molar-refractivity contribution >= 4 is 5.91 Å². The van der Waals surface area contributed by atoms with E-state index >= 15 is 0 Å². The third-order valence-corrected chi connectivity index (χ3v) is 3.04. The zero-order chi connectivity index (χ0) is 13.0. The topological polar surface area (TPSA) is 75.8 Å². The number of hydrogen-bond donors (Lipinski definition) is 2. The number of benzene rings is 1. The van der Waals surface area contributed by atoms with Gasteiger partial charge in [-0.3, -0.25) is 4.79 Å². The van der Waals surface area contributed by atoms with Crippen LogP contribution in [0.3, 0.4) is 0 Å². The molecular weight excluding hydrogens is 232 g/mol. The molecule has 1 fully saturated rings. The Bertz CT molecular complexity index is 422. The van der Waals surface area contributed by atoms with E-state index in [0.717, 1.165) is 5.56 Å². The van der Waals surface area contributed by atoms with E-state index in [-0.39, 0.29) is 18.6 Å². The molecular formula is C13H18N2O3. The van der Waals surface area contributed by atoms with Gasteiger partial charge in [0.15, 0.2) is 0 Å². The Labute approximate surface area is 106 Å². The van der Waals surface area contributed by atoms with Crippen LogP contribution >= 0.6 is 0 Å². The van der Waals surface area contributed by atoms with Gasteiger partial charge in [0.1, 0.15) is 0 Å². The molecule has 0 spiro atoms. The summed E-state index contributed by atoms with van der Waals surface area (Å²) >= 11 is 0. The monoisotopic (exact) mass is 250 g/mol. The summed E-state index contributed by atoms with van der Waals surface area (Å²) in [4.78, 5) is 14.0. The highest BCUT2D eigenvalue weighted by atomic mass is 16.5. The molecule has 0 aliphatic carbocycles. The van der Waals surface area contributed by atoms with Gasteiger partial charge in [0.2, 0.25) is 0 Å². The van der Waals surface area contributed by atoms with Gasteiger partial charge in [0.05, 0.1) is 19.3 Å². The fraction of sp³-hybridized carbons (Fsp3) is 0.462. The lowest BCUT2D eigenvalue weighted by molar-refractivity contribution is -0.0447. The predicted molar refractivity (Wildman–Crippen MR) is 67.1 cm³/mol. The molecule has 0 aromatic heterocycles. The molecule has 1 unspecified atom stereocenters. The predicted octanol–water partition coefficient (Wildman–Crippen LogP) is -0.0214. The summed E-state index contributed by atoms with van der Waals surface area (Å²) in [7, 11) is 0. The molecule has 1 amide bonds. The van der Waals surface area contributed by atoms with Crippen molar-refractivity contribution in [2.45, 2.75) is 12.6 Å². The Morgan fingerprint density at radius 1 is 1.56 bits per heavy atom. The Morgan fingerprint density at radius 2 is 2.39 bits per heavy atom. The summed E-state index contributed by atoms with van der Waals surface area (Å²) in [6.07, 6.45) is -0.277. The van der Waals surface area contributed by atoms with Gasteiger partial charge in [0.25, 0.3) is 5.91 Å². The standard InChI is InChI=1S/C13H18N2O3/c14-7-10-2-1-3-11(6-10)13(17)15-4-5-18-12(8-15)9-16/h1-3,6,12,16H,4-5,7-9,14H2. The number of ether oxygens (including phenoxy) is 1. The summed E-state index contributed by atoms with van der Waals surface area (Å²) in [6, 6.07) is 7.32. The van der Waals surface area contributed by atoms with E-state index in [2.05, 4.69) is 0 Å². The Morgan fingerprint density at radius 3 is 3.11 bits per heavy atom. The molecule has 1 atom stereocenters. The van der Waals surface area contributed by atoms with E-state index in [1.54, 1.807) is 11.0 Å². The molecule has 0 radical (unpaired) electrons. The molecule has 1 aromatic rings. The number of aliphatic hydroxyl groups is 1. The van der Waals surface area contributed by atoms with Gasteiger partial charge in [-0.1, -0.05) is 12.1 Å². The van der Waals surface area contributed by atoms with Gasteiger partial charge >= 0.3 is 0 Å². The molecule has 18 heavy (non-hydrogen) atoms. The van der Waals surface area contributed by atoms with Gasteiger partial charge in [-0.15, -0.1) is 0 Å². The minimum absolute atomic E-state index is 0.0351. The SMILES string of the molecule is NCc1cccc(C(=O)N2CCOC(CO)C2)c1. The number of carbonyl (C=O) groups is 1. The lowest BCUT2D eigenvalue weighted by Gasteiger charge is -2.32. The number of carbonyl (C=O) groups excluding carboxylic acids is 1. The lowest BCUT2D eigenvalue weighted by atomic mass is 10.1. The smallest absolute Gasteiger partial charge is 0.254 e. The average Bonchev–Trinajstić information content (AvgIpc) is 2.46. The first-order valence-electron chi connectivity index (χ1n) is 6.05. The second-order valence-electron chi connectivity index (χ2n) is 4.33. The van der Waals surface area contributed by atoms with Crippen molar-refractivity contribution < 1.29 is 14.6 Å². The van der Waals surface area contributed by atoms with Crippen LogP contribution in [0.25, 0.3) is 0 Å². The van der Waals surface area contributed by atoms with Crippen LogP contribution < -0.4 is 5.73 Å². The van der Waals surface area contributed by atoms with Crippen LogP contribution in [0.4, 0.5) is 0 Å². The van der Waals surface area contributed by atoms with Crippen LogP contribution in [0.2, 0.25) is 0 Å².